The molecule has 0 bridgehead atoms. The van der Waals surface area contributed by atoms with Crippen LogP contribution in [0.3, 0.4) is 0 Å². The fourth-order valence-electron chi connectivity index (χ4n) is 4.38. The number of carbonyl (C=O) groups is 2. The molecule has 3 rings (SSSR count). The molecule has 11 heteroatoms. The van der Waals surface area contributed by atoms with Gasteiger partial charge in [-0.25, -0.2) is 13.2 Å². The van der Waals surface area contributed by atoms with E-state index < -0.39 is 47.9 Å². The van der Waals surface area contributed by atoms with Crippen LogP contribution < -0.4 is 11.5 Å². The van der Waals surface area contributed by atoms with E-state index >= 15 is 0 Å². The Morgan fingerprint density at radius 2 is 1.67 bits per heavy atom. The number of rotatable bonds is 11. The summed E-state index contributed by atoms with van der Waals surface area (Å²) in [5.74, 6) is -1.98. The van der Waals surface area contributed by atoms with Crippen LogP contribution in [-0.4, -0.2) is 46.4 Å². The Balaban J connectivity index is 1.85. The monoisotopic (exact) mass is 818 g/mol. The van der Waals surface area contributed by atoms with Gasteiger partial charge in [0.1, 0.15) is 10.6 Å². The van der Waals surface area contributed by atoms with E-state index in [0.717, 1.165) is 5.56 Å². The maximum Gasteiger partial charge on any atom is 0.345 e. The number of hydrogen-bond acceptors (Lipinski definition) is 8. The van der Waals surface area contributed by atoms with Gasteiger partial charge in [-0.3, -0.25) is 4.79 Å². The van der Waals surface area contributed by atoms with Crippen LogP contribution in [0.4, 0.5) is 0 Å². The molecule has 0 spiro atoms. The molecule has 226 valence electrons. The van der Waals surface area contributed by atoms with Gasteiger partial charge in [0.05, 0.1) is 14.9 Å². The van der Waals surface area contributed by atoms with Crippen LogP contribution in [0.5, 0.6) is 0 Å². The Hall–Kier alpha value is -2.07. The number of aryl methyl sites for hydroxylation is 1. The number of Topliss-reactive ketones (excluding diaryl/α,β-unsaturated/α-hetero) is 1. The Kier molecular flexibility index (Phi) is 11.6. The normalized spacial score (nSPS) is 21.1. The SMILES string of the molecule is CC(C)(C)OC(=O)C1(O)C(I)=CC(C[C@H](N)C(=O)[C@H](/C=C(\N)S(=O)(=O)c2ccccc2)CCc2ccccc2)=CC1I. The second-order valence-corrected chi connectivity index (χ2v) is 15.6. The van der Waals surface area contributed by atoms with Crippen molar-refractivity contribution >= 4 is 66.8 Å². The topological polar surface area (TPSA) is 150 Å². The van der Waals surface area contributed by atoms with Gasteiger partial charge in [-0.15, -0.1) is 0 Å². The maximum absolute atomic E-state index is 13.7. The van der Waals surface area contributed by atoms with Crippen molar-refractivity contribution < 1.29 is 27.9 Å². The quantitative estimate of drug-likeness (QED) is 0.164. The van der Waals surface area contributed by atoms with E-state index in [0.29, 0.717) is 22.0 Å². The summed E-state index contributed by atoms with van der Waals surface area (Å²) in [6.45, 7) is 5.17. The highest BCUT2D eigenvalue weighted by Gasteiger charge is 2.49. The number of allylic oxidation sites excluding steroid dienone is 2. The minimum absolute atomic E-state index is 0.0370. The molecule has 0 heterocycles. The first-order chi connectivity index (χ1) is 19.6. The van der Waals surface area contributed by atoms with E-state index in [1.807, 2.05) is 75.5 Å². The lowest BCUT2D eigenvalue weighted by Gasteiger charge is -2.35. The molecule has 0 aromatic heterocycles. The minimum Gasteiger partial charge on any atom is -0.458 e. The lowest BCUT2D eigenvalue weighted by atomic mass is 9.86. The van der Waals surface area contributed by atoms with Crippen LogP contribution >= 0.6 is 45.2 Å². The smallest absolute Gasteiger partial charge is 0.345 e. The average Bonchev–Trinajstić information content (AvgIpc) is 2.93. The molecule has 2 aromatic carbocycles. The molecule has 1 aliphatic carbocycles. The van der Waals surface area contributed by atoms with Gasteiger partial charge in [0, 0.05) is 9.50 Å². The highest BCUT2D eigenvalue weighted by atomic mass is 127. The number of benzene rings is 2. The summed E-state index contributed by atoms with van der Waals surface area (Å²) in [6.07, 6.45) is 5.57. The zero-order valence-corrected chi connectivity index (χ0v) is 28.8. The van der Waals surface area contributed by atoms with Crippen LogP contribution in [0.15, 0.2) is 98.0 Å². The molecule has 0 saturated carbocycles. The van der Waals surface area contributed by atoms with E-state index in [1.54, 1.807) is 51.1 Å². The first-order valence-corrected chi connectivity index (χ1v) is 17.2. The number of halogens is 2. The lowest BCUT2D eigenvalue weighted by molar-refractivity contribution is -0.171. The summed E-state index contributed by atoms with van der Waals surface area (Å²) in [7, 11) is -4.00. The Labute approximate surface area is 274 Å². The van der Waals surface area contributed by atoms with Crippen molar-refractivity contribution in [1.29, 1.82) is 0 Å². The molecule has 0 amide bonds. The number of alkyl halides is 1. The Bertz CT molecular complexity index is 1480. The van der Waals surface area contributed by atoms with Crippen molar-refractivity contribution in [3.63, 3.8) is 0 Å². The van der Waals surface area contributed by atoms with Crippen LogP contribution in [0.2, 0.25) is 0 Å². The molecule has 1 aliphatic rings. The Morgan fingerprint density at radius 1 is 1.10 bits per heavy atom. The summed E-state index contributed by atoms with van der Waals surface area (Å²) >= 11 is 3.88. The van der Waals surface area contributed by atoms with Crippen LogP contribution in [0.1, 0.15) is 39.2 Å². The number of hydrogen-bond donors (Lipinski definition) is 3. The summed E-state index contributed by atoms with van der Waals surface area (Å²) in [4.78, 5) is 26.6. The largest absolute Gasteiger partial charge is 0.458 e. The molecule has 8 nitrogen and oxygen atoms in total. The molecular weight excluding hydrogens is 782 g/mol. The molecule has 4 atom stereocenters. The number of aliphatic hydroxyl groups is 1. The van der Waals surface area contributed by atoms with E-state index in [-0.39, 0.29) is 17.1 Å². The number of carbonyl (C=O) groups excluding carboxylic acids is 2. The summed E-state index contributed by atoms with van der Waals surface area (Å²) < 4.78 is 31.4. The highest BCUT2D eigenvalue weighted by molar-refractivity contribution is 14.1. The van der Waals surface area contributed by atoms with E-state index in [9.17, 15) is 23.1 Å². The third-order valence-corrected chi connectivity index (χ3v) is 10.7. The first-order valence-electron chi connectivity index (χ1n) is 13.3. The van der Waals surface area contributed by atoms with E-state index in [4.69, 9.17) is 16.2 Å². The number of esters is 1. The van der Waals surface area contributed by atoms with Gasteiger partial charge in [-0.2, -0.15) is 0 Å². The standard InChI is InChI=1S/C31H36I2N2O6S/c1-30(2,3)41-29(37)31(38)25(32)17-21(18-26(31)33)16-24(34)28(36)22(15-14-20-10-6-4-7-11-20)19-27(35)42(39,40)23-12-8-5-9-13-23/h4-13,17-19,22,24-25,38H,14-16,34-35H2,1-3H3/b27-19+/t22-,24-,25?,31?/m0/s1. The van der Waals surface area contributed by atoms with Crippen LogP contribution in [0, 0.1) is 5.92 Å². The Morgan fingerprint density at radius 3 is 2.21 bits per heavy atom. The van der Waals surface area contributed by atoms with E-state index in [1.165, 1.54) is 18.2 Å². The van der Waals surface area contributed by atoms with Gasteiger partial charge in [0.15, 0.2) is 5.78 Å². The number of sulfone groups is 1. The molecule has 5 N–H and O–H groups in total. The molecule has 0 saturated heterocycles. The second kappa shape index (κ2) is 14.1. The van der Waals surface area contributed by atoms with Crippen molar-refractivity contribution in [2.75, 3.05) is 0 Å². The predicted molar refractivity (Wildman–Crippen MR) is 181 cm³/mol. The molecule has 0 fully saturated rings. The third kappa shape index (κ3) is 8.52. The third-order valence-electron chi connectivity index (χ3n) is 6.65. The van der Waals surface area contributed by atoms with Crippen molar-refractivity contribution in [3.05, 3.63) is 98.6 Å². The second-order valence-electron chi connectivity index (χ2n) is 11.1. The number of ether oxygens (including phenoxy) is 1. The summed E-state index contributed by atoms with van der Waals surface area (Å²) in [5, 5.41) is 10.8. The summed E-state index contributed by atoms with van der Waals surface area (Å²) in [6, 6.07) is 16.4. The first kappa shape index (κ1) is 34.4. The van der Waals surface area contributed by atoms with E-state index in [2.05, 4.69) is 0 Å². The molecule has 2 unspecified atom stereocenters. The van der Waals surface area contributed by atoms with Crippen LogP contribution in [-0.2, 0) is 30.6 Å². The van der Waals surface area contributed by atoms with Crippen molar-refractivity contribution in [1.82, 2.24) is 0 Å². The fourth-order valence-corrected chi connectivity index (χ4v) is 8.12. The molecular formula is C31H36I2N2O6S. The highest BCUT2D eigenvalue weighted by Crippen LogP contribution is 2.40. The minimum atomic E-state index is -4.00. The van der Waals surface area contributed by atoms with Crippen molar-refractivity contribution in [2.24, 2.45) is 17.4 Å². The van der Waals surface area contributed by atoms with Crippen LogP contribution in [0.25, 0.3) is 0 Å². The maximum atomic E-state index is 13.7. The summed E-state index contributed by atoms with van der Waals surface area (Å²) in [5.41, 5.74) is 11.5. The average molecular weight is 819 g/mol. The fraction of sp³-hybridized carbons (Fsp3) is 0.355. The predicted octanol–water partition coefficient (Wildman–Crippen LogP) is 4.93. The van der Waals surface area contributed by atoms with Crippen molar-refractivity contribution in [2.45, 2.75) is 66.1 Å². The molecule has 0 aliphatic heterocycles. The molecule has 0 radical (unpaired) electrons. The molecule has 42 heavy (non-hydrogen) atoms. The zero-order chi connectivity index (χ0) is 31.3. The number of ketones is 1. The van der Waals surface area contributed by atoms with Gasteiger partial charge >= 0.3 is 5.97 Å². The van der Waals surface area contributed by atoms with Gasteiger partial charge in [0.2, 0.25) is 15.4 Å². The molecule has 2 aromatic rings. The van der Waals surface area contributed by atoms with Gasteiger partial charge in [0.25, 0.3) is 0 Å². The zero-order valence-electron chi connectivity index (χ0n) is 23.7. The van der Waals surface area contributed by atoms with Gasteiger partial charge in [-0.05, 0) is 98.0 Å². The van der Waals surface area contributed by atoms with Gasteiger partial charge in [-0.1, -0.05) is 77.2 Å². The van der Waals surface area contributed by atoms with Gasteiger partial charge < -0.3 is 21.3 Å². The number of nitrogens with two attached hydrogens (primary N) is 2. The van der Waals surface area contributed by atoms with Crippen molar-refractivity contribution in [3.8, 4) is 0 Å². The lowest BCUT2D eigenvalue weighted by Crippen LogP contribution is -2.51.